The molecule has 0 saturated heterocycles. The fraction of sp³-hybridized carbons (Fsp3) is 0.544. The number of aromatic nitrogens is 4. The Balaban J connectivity index is 0.000000519. The number of rotatable bonds is 17. The lowest BCUT2D eigenvalue weighted by Crippen LogP contribution is -2.29. The maximum absolute atomic E-state index is 12.0. The third kappa shape index (κ3) is 39.9. The van der Waals surface area contributed by atoms with Crippen molar-refractivity contribution in [2.45, 2.75) is 203 Å². The van der Waals surface area contributed by atoms with Crippen LogP contribution >= 0.6 is 0 Å². The minimum atomic E-state index is 0.0139. The zero-order chi connectivity index (χ0) is 63.2. The number of ether oxygens (including phenoxy) is 1. The fourth-order valence-corrected chi connectivity index (χ4v) is 7.50. The molecule has 15 heteroatoms. The highest BCUT2D eigenvalue weighted by molar-refractivity contribution is 5.78. The van der Waals surface area contributed by atoms with Crippen molar-refractivity contribution in [3.63, 3.8) is 0 Å². The Bertz CT molecular complexity index is 2720. The summed E-state index contributed by atoms with van der Waals surface area (Å²) in [5.41, 5.74) is 9.81. The third-order valence-corrected chi connectivity index (χ3v) is 11.5. The second kappa shape index (κ2) is 35.8. The van der Waals surface area contributed by atoms with Crippen LogP contribution in [0, 0.1) is 47.8 Å². The van der Waals surface area contributed by atoms with E-state index in [1.54, 1.807) is 30.6 Å². The molecule has 0 saturated carbocycles. The minimum absolute atomic E-state index is 0.0139. The quantitative estimate of drug-likeness (QED) is 0.0695. The van der Waals surface area contributed by atoms with Crippen LogP contribution < -0.4 is 26.0 Å². The van der Waals surface area contributed by atoms with Crippen molar-refractivity contribution >= 4 is 29.5 Å². The van der Waals surface area contributed by atoms with E-state index in [9.17, 15) is 24.0 Å². The first-order valence-corrected chi connectivity index (χ1v) is 28.9. The summed E-state index contributed by atoms with van der Waals surface area (Å²) in [5.74, 6) is 1.12. The lowest BCUT2D eigenvalue weighted by Gasteiger charge is -2.23. The van der Waals surface area contributed by atoms with E-state index in [1.807, 2.05) is 102 Å². The van der Waals surface area contributed by atoms with Gasteiger partial charge in [-0.25, -0.2) is 4.98 Å². The molecular formula is C68H105N9O6. The average Bonchev–Trinajstić information content (AvgIpc) is 3.35. The zero-order valence-electron chi connectivity index (χ0n) is 54.7. The number of benzene rings is 1. The average molecular weight is 1140 g/mol. The zero-order valence-corrected chi connectivity index (χ0v) is 54.7. The largest absolute Gasteiger partial charge is 0.481 e. The molecule has 0 radical (unpaired) electrons. The molecule has 0 aliphatic heterocycles. The lowest BCUT2D eigenvalue weighted by molar-refractivity contribution is -0.132. The standard InChI is InChI=1S/C15H23NO.C14H22N2O.C13H20N2O2.2C13H20N2O/c1-12-7-6-8-13(9-12)11-16(5)14(17)10-15(2,3)4;1-5-12-7-6-11(9-15-12)10-16-13(17)8-14(2,3)4;1-13(2,3)8-11(16)15-9-10-5-6-14-12(7-10)17-4;1-10-7-11(5-6-14-10)9-15-12(16)8-13(2,3)4;1-10-5-6-11(8-14-10)9-15-12(16)7-13(2,3)4/h6-9H,10-11H2,1-5H3;6-7,9H,5,8,10H2,1-4H3,(H,16,17);5-7H,8-9H2,1-4H3,(H,15,16);5-7H,8-9H2,1-4H3,(H,15,16);5-6,8H,7,9H2,1-4H3,(H,15,16). The number of hydrogen-bond donors (Lipinski definition) is 4. The Morgan fingerprint density at radius 1 is 0.458 bits per heavy atom. The smallest absolute Gasteiger partial charge is 0.223 e. The number of nitrogens with one attached hydrogen (secondary N) is 4. The van der Waals surface area contributed by atoms with Gasteiger partial charge in [0.05, 0.1) is 7.11 Å². The van der Waals surface area contributed by atoms with E-state index in [-0.39, 0.29) is 56.6 Å². The molecule has 1 aromatic carbocycles. The first kappa shape index (κ1) is 74.0. The number of carbonyl (C=O) groups excluding carboxylic acids is 5. The molecule has 0 aliphatic carbocycles. The van der Waals surface area contributed by atoms with Gasteiger partial charge < -0.3 is 30.9 Å². The lowest BCUT2D eigenvalue weighted by atomic mass is 9.91. The molecule has 458 valence electrons. The van der Waals surface area contributed by atoms with Gasteiger partial charge in [-0.1, -0.05) is 153 Å². The van der Waals surface area contributed by atoms with Gasteiger partial charge in [0, 0.05) is 120 Å². The van der Waals surface area contributed by atoms with Crippen molar-refractivity contribution in [2.75, 3.05) is 14.2 Å². The summed E-state index contributed by atoms with van der Waals surface area (Å²) in [4.78, 5) is 76.8. The van der Waals surface area contributed by atoms with Crippen LogP contribution in [0.4, 0.5) is 0 Å². The van der Waals surface area contributed by atoms with Crippen LogP contribution in [0.1, 0.15) is 193 Å². The van der Waals surface area contributed by atoms with Gasteiger partial charge in [-0.15, -0.1) is 0 Å². The summed E-state index contributed by atoms with van der Waals surface area (Å²) in [6.07, 6.45) is 10.8. The third-order valence-electron chi connectivity index (χ3n) is 11.5. The molecular weight excluding hydrogens is 1040 g/mol. The van der Waals surface area contributed by atoms with Crippen LogP contribution in [0.2, 0.25) is 0 Å². The highest BCUT2D eigenvalue weighted by Gasteiger charge is 2.20. The van der Waals surface area contributed by atoms with Gasteiger partial charge in [-0.2, -0.15) is 0 Å². The van der Waals surface area contributed by atoms with Gasteiger partial charge in [0.15, 0.2) is 0 Å². The highest BCUT2D eigenvalue weighted by Crippen LogP contribution is 2.22. The predicted molar refractivity (Wildman–Crippen MR) is 338 cm³/mol. The van der Waals surface area contributed by atoms with Gasteiger partial charge in [0.2, 0.25) is 35.4 Å². The Morgan fingerprint density at radius 2 is 0.880 bits per heavy atom. The summed E-state index contributed by atoms with van der Waals surface area (Å²) in [6, 6.07) is 23.8. The van der Waals surface area contributed by atoms with Crippen LogP contribution in [0.25, 0.3) is 0 Å². The molecule has 5 rings (SSSR count). The van der Waals surface area contributed by atoms with Gasteiger partial charge in [-0.3, -0.25) is 38.9 Å². The predicted octanol–water partition coefficient (Wildman–Crippen LogP) is 13.1. The van der Waals surface area contributed by atoms with E-state index in [0.29, 0.717) is 70.7 Å². The van der Waals surface area contributed by atoms with Gasteiger partial charge >= 0.3 is 0 Å². The summed E-state index contributed by atoms with van der Waals surface area (Å²) >= 11 is 0. The number of pyridine rings is 4. The molecule has 0 fully saturated rings. The maximum atomic E-state index is 12.0. The Morgan fingerprint density at radius 3 is 1.25 bits per heavy atom. The molecule has 0 aliphatic rings. The van der Waals surface area contributed by atoms with Crippen molar-refractivity contribution < 1.29 is 28.7 Å². The molecule has 4 aromatic heterocycles. The van der Waals surface area contributed by atoms with Gasteiger partial charge in [0.25, 0.3) is 0 Å². The number of hydrogen-bond acceptors (Lipinski definition) is 10. The van der Waals surface area contributed by atoms with E-state index >= 15 is 0 Å². The Kier molecular flexibility index (Phi) is 32.0. The molecule has 0 spiro atoms. The Hall–Kier alpha value is -7.03. The summed E-state index contributed by atoms with van der Waals surface area (Å²) in [6.45, 7) is 41.9. The van der Waals surface area contributed by atoms with E-state index in [4.69, 9.17) is 4.74 Å². The van der Waals surface area contributed by atoms with Crippen LogP contribution in [0.15, 0.2) is 97.6 Å². The number of carbonyl (C=O) groups is 5. The topological polar surface area (TPSA) is 198 Å². The van der Waals surface area contributed by atoms with Crippen LogP contribution in [0.5, 0.6) is 5.88 Å². The molecule has 5 aromatic rings. The van der Waals surface area contributed by atoms with Crippen molar-refractivity contribution in [3.05, 3.63) is 148 Å². The second-order valence-corrected chi connectivity index (χ2v) is 27.4. The maximum Gasteiger partial charge on any atom is 0.223 e. The van der Waals surface area contributed by atoms with Crippen LogP contribution in [-0.4, -0.2) is 68.5 Å². The van der Waals surface area contributed by atoms with Crippen LogP contribution in [-0.2, 0) is 63.1 Å². The molecule has 0 atom stereocenters. The fourth-order valence-electron chi connectivity index (χ4n) is 7.50. The minimum Gasteiger partial charge on any atom is -0.481 e. The monoisotopic (exact) mass is 1140 g/mol. The normalized spacial score (nSPS) is 11.2. The molecule has 83 heavy (non-hydrogen) atoms. The van der Waals surface area contributed by atoms with Crippen LogP contribution in [0.3, 0.4) is 0 Å². The number of methoxy groups -OCH3 is 1. The molecule has 5 amide bonds. The molecule has 15 nitrogen and oxygen atoms in total. The van der Waals surface area contributed by atoms with Crippen molar-refractivity contribution in [1.29, 1.82) is 0 Å². The number of amides is 5. The molecule has 0 bridgehead atoms. The SMILES string of the molecule is CCc1ccc(CNC(=O)CC(C)(C)C)cn1.COc1cc(CNC(=O)CC(C)(C)C)ccn1.Cc1cc(CNC(=O)CC(C)(C)C)ccn1.Cc1ccc(CNC(=O)CC(C)(C)C)cn1.Cc1cccc(CN(C)C(=O)CC(C)(C)C)c1. The molecule has 0 unspecified atom stereocenters. The highest BCUT2D eigenvalue weighted by atomic mass is 16.5. The first-order chi connectivity index (χ1) is 38.3. The molecule has 4 N–H and O–H groups in total. The van der Waals surface area contributed by atoms with E-state index < -0.39 is 0 Å². The van der Waals surface area contributed by atoms with Gasteiger partial charge in [0.1, 0.15) is 0 Å². The van der Waals surface area contributed by atoms with E-state index in [2.05, 4.69) is 156 Å². The summed E-state index contributed by atoms with van der Waals surface area (Å²) in [5, 5.41) is 11.6. The Labute approximate surface area is 500 Å². The summed E-state index contributed by atoms with van der Waals surface area (Å²) < 4.78 is 5.02. The van der Waals surface area contributed by atoms with E-state index in [1.165, 1.54) is 11.1 Å². The molecule has 4 heterocycles. The number of aryl methyl sites for hydroxylation is 4. The van der Waals surface area contributed by atoms with Crippen molar-refractivity contribution in [1.82, 2.24) is 46.1 Å². The summed E-state index contributed by atoms with van der Waals surface area (Å²) in [7, 11) is 3.45. The first-order valence-electron chi connectivity index (χ1n) is 28.9. The second-order valence-electron chi connectivity index (χ2n) is 27.4. The van der Waals surface area contributed by atoms with Crippen molar-refractivity contribution in [2.24, 2.45) is 27.1 Å². The number of nitrogens with zero attached hydrogens (tertiary/aromatic N) is 5. The van der Waals surface area contributed by atoms with E-state index in [0.717, 1.165) is 45.8 Å². The van der Waals surface area contributed by atoms with Crippen molar-refractivity contribution in [3.8, 4) is 5.88 Å². The van der Waals surface area contributed by atoms with Gasteiger partial charge in [-0.05, 0) is 112 Å².